The molecular formula is C22H38O6. The largest absolute Gasteiger partial charge is 0.460 e. The summed E-state index contributed by atoms with van der Waals surface area (Å²) < 4.78 is 14.3. The van der Waals surface area contributed by atoms with Gasteiger partial charge in [0.05, 0.1) is 24.4 Å². The lowest BCUT2D eigenvalue weighted by molar-refractivity contribution is -0.144. The van der Waals surface area contributed by atoms with Crippen LogP contribution in [0.4, 0.5) is 0 Å². The first kappa shape index (κ1) is 28.1. The Labute approximate surface area is 170 Å². The first-order chi connectivity index (χ1) is 13.2. The summed E-state index contributed by atoms with van der Waals surface area (Å²) in [4.78, 5) is 33.2. The van der Waals surface area contributed by atoms with Crippen LogP contribution in [0.15, 0.2) is 25.0 Å². The molecule has 0 aromatic rings. The molecule has 0 aromatic heterocycles. The van der Waals surface area contributed by atoms with Crippen molar-refractivity contribution < 1.29 is 28.6 Å². The van der Waals surface area contributed by atoms with Gasteiger partial charge in [0.2, 0.25) is 0 Å². The fraction of sp³-hybridized carbons (Fsp3) is 0.682. The molecule has 0 aliphatic rings. The molecule has 162 valence electrons. The van der Waals surface area contributed by atoms with Crippen molar-refractivity contribution in [3.8, 4) is 0 Å². The average molecular weight is 399 g/mol. The van der Waals surface area contributed by atoms with Crippen LogP contribution in [0.1, 0.15) is 80.1 Å². The zero-order valence-corrected chi connectivity index (χ0v) is 18.4. The summed E-state index contributed by atoms with van der Waals surface area (Å²) in [5, 5.41) is 0. The van der Waals surface area contributed by atoms with Crippen LogP contribution in [0.25, 0.3) is 0 Å². The average Bonchev–Trinajstić information content (AvgIpc) is 2.59. The topological polar surface area (TPSA) is 78.9 Å². The number of unbranched alkanes of at least 4 members (excludes halogenated alkanes) is 3. The van der Waals surface area contributed by atoms with Gasteiger partial charge in [0.15, 0.2) is 0 Å². The minimum atomic E-state index is -0.541. The number of ether oxygens (including phenoxy) is 3. The van der Waals surface area contributed by atoms with Gasteiger partial charge < -0.3 is 14.2 Å². The maximum atomic E-state index is 11.3. The van der Waals surface area contributed by atoms with Crippen LogP contribution >= 0.6 is 0 Å². The van der Waals surface area contributed by atoms with Crippen LogP contribution in [-0.2, 0) is 28.6 Å². The van der Waals surface area contributed by atoms with Crippen molar-refractivity contribution in [3.63, 3.8) is 0 Å². The molecule has 0 rings (SSSR count). The lowest BCUT2D eigenvalue weighted by Gasteiger charge is -2.11. The molecule has 0 saturated heterocycles. The molecule has 0 saturated carbocycles. The van der Waals surface area contributed by atoms with E-state index < -0.39 is 11.9 Å². The highest BCUT2D eigenvalue weighted by Gasteiger charge is 2.16. The van der Waals surface area contributed by atoms with Gasteiger partial charge in [-0.2, -0.15) is 0 Å². The second-order valence-electron chi connectivity index (χ2n) is 6.86. The summed E-state index contributed by atoms with van der Waals surface area (Å²) in [5.41, 5.74) is 0. The highest BCUT2D eigenvalue weighted by atomic mass is 16.5. The lowest BCUT2D eigenvalue weighted by atomic mass is 9.98. The molecule has 0 aromatic carbocycles. The van der Waals surface area contributed by atoms with Crippen LogP contribution < -0.4 is 0 Å². The molecule has 0 aliphatic carbocycles. The molecule has 6 nitrogen and oxygen atoms in total. The van der Waals surface area contributed by atoms with Crippen molar-refractivity contribution in [1.29, 1.82) is 0 Å². The Bertz CT molecular complexity index is 455. The highest BCUT2D eigenvalue weighted by molar-refractivity contribution is 5.91. The summed E-state index contributed by atoms with van der Waals surface area (Å²) in [6.45, 7) is 14.5. The Kier molecular flexibility index (Phi) is 18.3. The van der Waals surface area contributed by atoms with Gasteiger partial charge in [0.25, 0.3) is 0 Å². The number of rotatable bonds is 12. The number of esters is 3. The van der Waals surface area contributed by atoms with Crippen molar-refractivity contribution in [2.45, 2.75) is 92.3 Å². The Morgan fingerprint density at radius 1 is 0.857 bits per heavy atom. The lowest BCUT2D eigenvalue weighted by Crippen LogP contribution is -2.14. The summed E-state index contributed by atoms with van der Waals surface area (Å²) in [5.74, 6) is -1.15. The molecule has 0 spiro atoms. The molecule has 0 bridgehead atoms. The zero-order valence-electron chi connectivity index (χ0n) is 18.4. The molecule has 0 heterocycles. The summed E-state index contributed by atoms with van der Waals surface area (Å²) >= 11 is 0. The number of carbonyl (C=O) groups excluding carboxylic acids is 3. The van der Waals surface area contributed by atoms with Gasteiger partial charge in [-0.3, -0.25) is 4.79 Å². The van der Waals surface area contributed by atoms with Crippen LogP contribution in [0, 0.1) is 5.92 Å². The fourth-order valence-electron chi connectivity index (χ4n) is 2.16. The number of hydrogen-bond donors (Lipinski definition) is 0. The molecule has 0 radical (unpaired) electrons. The Hall–Kier alpha value is -2.11. The zero-order chi connectivity index (χ0) is 21.9. The molecule has 0 aliphatic heterocycles. The maximum Gasteiger partial charge on any atom is 0.331 e. The summed E-state index contributed by atoms with van der Waals surface area (Å²) in [6.07, 6.45) is 9.60. The quantitative estimate of drug-likeness (QED) is 0.149. The second-order valence-corrected chi connectivity index (χ2v) is 6.86. The van der Waals surface area contributed by atoms with Crippen molar-refractivity contribution in [1.82, 2.24) is 0 Å². The Balaban J connectivity index is 0. The first-order valence-corrected chi connectivity index (χ1v) is 10.1. The van der Waals surface area contributed by atoms with E-state index in [0.29, 0.717) is 0 Å². The minimum Gasteiger partial charge on any atom is -0.460 e. The van der Waals surface area contributed by atoms with Gasteiger partial charge in [-0.1, -0.05) is 46.1 Å². The smallest absolute Gasteiger partial charge is 0.331 e. The monoisotopic (exact) mass is 398 g/mol. The minimum absolute atomic E-state index is 0.0601. The van der Waals surface area contributed by atoms with E-state index in [1.54, 1.807) is 27.7 Å². The summed E-state index contributed by atoms with van der Waals surface area (Å²) in [7, 11) is 0. The van der Waals surface area contributed by atoms with Gasteiger partial charge in [0, 0.05) is 12.2 Å². The van der Waals surface area contributed by atoms with Crippen LogP contribution in [-0.4, -0.2) is 30.1 Å². The molecular weight excluding hydrogens is 360 g/mol. The fourth-order valence-corrected chi connectivity index (χ4v) is 2.16. The number of carbonyl (C=O) groups is 3. The van der Waals surface area contributed by atoms with Gasteiger partial charge >= 0.3 is 17.9 Å². The van der Waals surface area contributed by atoms with Gasteiger partial charge in [-0.25, -0.2) is 9.59 Å². The predicted molar refractivity (Wildman–Crippen MR) is 110 cm³/mol. The SMILES string of the molecule is C=COC(=O)C(CC)CCCCCC.CC(C)OC(=O)/C=C/C(=O)OC(C)C. The van der Waals surface area contributed by atoms with Crippen molar-refractivity contribution in [2.75, 3.05) is 0 Å². The van der Waals surface area contributed by atoms with Crippen molar-refractivity contribution in [3.05, 3.63) is 25.0 Å². The van der Waals surface area contributed by atoms with E-state index in [1.165, 1.54) is 25.5 Å². The Morgan fingerprint density at radius 3 is 1.71 bits per heavy atom. The van der Waals surface area contributed by atoms with E-state index in [0.717, 1.165) is 31.4 Å². The van der Waals surface area contributed by atoms with Crippen LogP contribution in [0.3, 0.4) is 0 Å². The van der Waals surface area contributed by atoms with Crippen LogP contribution in [0.2, 0.25) is 0 Å². The van der Waals surface area contributed by atoms with Gasteiger partial charge in [0.1, 0.15) is 0 Å². The number of hydrogen-bond acceptors (Lipinski definition) is 6. The van der Waals surface area contributed by atoms with Gasteiger partial charge in [-0.15, -0.1) is 0 Å². The highest BCUT2D eigenvalue weighted by Crippen LogP contribution is 2.15. The predicted octanol–water partition coefficient (Wildman–Crippen LogP) is 5.12. The third kappa shape index (κ3) is 18.7. The van der Waals surface area contributed by atoms with Gasteiger partial charge in [-0.05, 0) is 40.5 Å². The molecule has 1 atom stereocenters. The second kappa shape index (κ2) is 18.3. The van der Waals surface area contributed by atoms with E-state index in [2.05, 4.69) is 13.5 Å². The summed E-state index contributed by atoms with van der Waals surface area (Å²) in [6, 6.07) is 0. The van der Waals surface area contributed by atoms with E-state index in [4.69, 9.17) is 14.2 Å². The molecule has 0 amide bonds. The van der Waals surface area contributed by atoms with E-state index in [1.807, 2.05) is 6.92 Å². The third-order valence-electron chi connectivity index (χ3n) is 3.49. The van der Waals surface area contributed by atoms with Crippen molar-refractivity contribution >= 4 is 17.9 Å². The van der Waals surface area contributed by atoms with Crippen LogP contribution in [0.5, 0.6) is 0 Å². The van der Waals surface area contributed by atoms with E-state index in [9.17, 15) is 14.4 Å². The van der Waals surface area contributed by atoms with E-state index >= 15 is 0 Å². The molecule has 6 heteroatoms. The molecule has 0 fully saturated rings. The van der Waals surface area contributed by atoms with Crippen molar-refractivity contribution in [2.24, 2.45) is 5.92 Å². The molecule has 0 N–H and O–H groups in total. The van der Waals surface area contributed by atoms with E-state index in [-0.39, 0.29) is 24.1 Å². The first-order valence-electron chi connectivity index (χ1n) is 10.1. The Morgan fingerprint density at radius 2 is 1.36 bits per heavy atom. The standard InChI is InChI=1S/C12H22O2.C10H16O4/c1-4-7-8-9-10-11(5-2)12(13)14-6-3;1-7(2)13-9(11)5-6-10(12)14-8(3)4/h6,11H,3-5,7-10H2,1-2H3;5-8H,1-4H3/b;6-5+. The maximum absolute atomic E-state index is 11.3. The third-order valence-corrected chi connectivity index (χ3v) is 3.49. The molecule has 1 unspecified atom stereocenters. The molecule has 28 heavy (non-hydrogen) atoms. The normalized spacial score (nSPS) is 11.6.